The van der Waals surface area contributed by atoms with Crippen molar-refractivity contribution in [2.75, 3.05) is 18.4 Å². The molecule has 1 fully saturated rings. The van der Waals surface area contributed by atoms with E-state index in [1.165, 1.54) is 23.8 Å². The van der Waals surface area contributed by atoms with Crippen LogP contribution in [0.15, 0.2) is 35.7 Å². The van der Waals surface area contributed by atoms with E-state index >= 15 is 0 Å². The molecule has 2 heterocycles. The molecule has 1 aromatic heterocycles. The lowest BCUT2D eigenvalue weighted by Gasteiger charge is -2.36. The number of hydrogen-bond acceptors (Lipinski definition) is 5. The van der Waals surface area contributed by atoms with Crippen LogP contribution in [0.25, 0.3) is 0 Å². The highest BCUT2D eigenvalue weighted by Gasteiger charge is 2.26. The standard InChI is InChI=1S/C17H21N3O2S/c1-12-8-20(9-15-11-23-17(19-15)18-13(2)21)10-16(22-12)14-6-4-3-5-7-14/h3-7,11-12,16H,8-10H2,1-2H3,(H,18,19,21)/t12-,16+/m1/s1. The Labute approximate surface area is 140 Å². The van der Waals surface area contributed by atoms with Crippen LogP contribution >= 0.6 is 11.3 Å². The normalized spacial score (nSPS) is 22.0. The van der Waals surface area contributed by atoms with Gasteiger partial charge in [-0.2, -0.15) is 0 Å². The Balaban J connectivity index is 1.65. The topological polar surface area (TPSA) is 54.5 Å². The smallest absolute Gasteiger partial charge is 0.223 e. The SMILES string of the molecule is CC(=O)Nc1nc(CN2C[C@@H](C)O[C@H](c3ccccc3)C2)cs1. The largest absolute Gasteiger partial charge is 0.368 e. The Morgan fingerprint density at radius 2 is 2.17 bits per heavy atom. The van der Waals surface area contributed by atoms with Crippen LogP contribution in [-0.4, -0.2) is 35.0 Å². The van der Waals surface area contributed by atoms with E-state index in [4.69, 9.17) is 4.74 Å². The molecular weight excluding hydrogens is 310 g/mol. The maximum Gasteiger partial charge on any atom is 0.223 e. The second kappa shape index (κ2) is 7.21. The van der Waals surface area contributed by atoms with Crippen LogP contribution in [0.5, 0.6) is 0 Å². The van der Waals surface area contributed by atoms with Crippen molar-refractivity contribution in [3.63, 3.8) is 0 Å². The van der Waals surface area contributed by atoms with Crippen molar-refractivity contribution in [2.24, 2.45) is 0 Å². The predicted molar refractivity (Wildman–Crippen MR) is 91.4 cm³/mol. The summed E-state index contributed by atoms with van der Waals surface area (Å²) in [5.41, 5.74) is 2.20. The third-order valence-electron chi connectivity index (χ3n) is 3.73. The summed E-state index contributed by atoms with van der Waals surface area (Å²) in [6.45, 7) is 6.10. The fraction of sp³-hybridized carbons (Fsp3) is 0.412. The molecule has 1 amide bonds. The molecule has 1 aliphatic heterocycles. The van der Waals surface area contributed by atoms with E-state index in [2.05, 4.69) is 34.3 Å². The summed E-state index contributed by atoms with van der Waals surface area (Å²) in [5, 5.41) is 5.39. The summed E-state index contributed by atoms with van der Waals surface area (Å²) < 4.78 is 6.08. The molecule has 3 rings (SSSR count). The van der Waals surface area contributed by atoms with Gasteiger partial charge in [0.1, 0.15) is 0 Å². The van der Waals surface area contributed by atoms with Gasteiger partial charge in [0.25, 0.3) is 0 Å². The van der Waals surface area contributed by atoms with Gasteiger partial charge in [0, 0.05) is 31.9 Å². The average molecular weight is 331 g/mol. The number of carbonyl (C=O) groups excluding carboxylic acids is 1. The van der Waals surface area contributed by atoms with Gasteiger partial charge in [-0.15, -0.1) is 11.3 Å². The molecule has 0 spiro atoms. The van der Waals surface area contributed by atoms with Crippen molar-refractivity contribution in [2.45, 2.75) is 32.6 Å². The van der Waals surface area contributed by atoms with Gasteiger partial charge in [-0.05, 0) is 12.5 Å². The molecule has 2 aromatic rings. The van der Waals surface area contributed by atoms with E-state index in [1.807, 2.05) is 23.6 Å². The molecule has 6 heteroatoms. The van der Waals surface area contributed by atoms with Gasteiger partial charge in [0.2, 0.25) is 5.91 Å². The van der Waals surface area contributed by atoms with Crippen LogP contribution < -0.4 is 5.32 Å². The molecule has 0 unspecified atom stereocenters. The summed E-state index contributed by atoms with van der Waals surface area (Å²) in [5.74, 6) is -0.0879. The molecule has 0 aliphatic carbocycles. The lowest BCUT2D eigenvalue weighted by Crippen LogP contribution is -2.42. The monoisotopic (exact) mass is 331 g/mol. The van der Waals surface area contributed by atoms with Crippen LogP contribution in [-0.2, 0) is 16.1 Å². The third-order valence-corrected chi connectivity index (χ3v) is 4.53. The van der Waals surface area contributed by atoms with Gasteiger partial charge in [-0.25, -0.2) is 4.98 Å². The Kier molecular flexibility index (Phi) is 5.05. The number of amides is 1. The molecule has 1 saturated heterocycles. The number of nitrogens with zero attached hydrogens (tertiary/aromatic N) is 2. The fourth-order valence-electron chi connectivity index (χ4n) is 2.84. The number of rotatable bonds is 4. The van der Waals surface area contributed by atoms with E-state index in [1.54, 1.807) is 0 Å². The first-order valence-electron chi connectivity index (χ1n) is 7.75. The Hall–Kier alpha value is -1.76. The molecule has 1 N–H and O–H groups in total. The summed E-state index contributed by atoms with van der Waals surface area (Å²) in [7, 11) is 0. The summed E-state index contributed by atoms with van der Waals surface area (Å²) in [6.07, 6.45) is 0.274. The maximum atomic E-state index is 11.1. The number of carbonyl (C=O) groups is 1. The minimum atomic E-state index is -0.0879. The summed E-state index contributed by atoms with van der Waals surface area (Å²) in [4.78, 5) is 17.9. The van der Waals surface area contributed by atoms with Crippen molar-refractivity contribution in [3.05, 3.63) is 47.0 Å². The number of benzene rings is 1. The van der Waals surface area contributed by atoms with Crippen LogP contribution in [0.2, 0.25) is 0 Å². The predicted octanol–water partition coefficient (Wildman–Crippen LogP) is 3.06. The highest BCUT2D eigenvalue weighted by molar-refractivity contribution is 7.13. The van der Waals surface area contributed by atoms with Gasteiger partial charge in [0.05, 0.1) is 17.9 Å². The molecule has 0 bridgehead atoms. The van der Waals surface area contributed by atoms with Crippen LogP contribution in [0.1, 0.15) is 31.2 Å². The van der Waals surface area contributed by atoms with Crippen LogP contribution in [0.3, 0.4) is 0 Å². The molecule has 2 atom stereocenters. The molecule has 1 aliphatic rings. The van der Waals surface area contributed by atoms with Gasteiger partial charge >= 0.3 is 0 Å². The lowest BCUT2D eigenvalue weighted by atomic mass is 10.1. The number of thiazole rings is 1. The zero-order chi connectivity index (χ0) is 16.2. The summed E-state index contributed by atoms with van der Waals surface area (Å²) in [6, 6.07) is 10.3. The van der Waals surface area contributed by atoms with Crippen LogP contribution in [0.4, 0.5) is 5.13 Å². The van der Waals surface area contributed by atoms with E-state index in [-0.39, 0.29) is 18.1 Å². The van der Waals surface area contributed by atoms with Crippen molar-refractivity contribution in [1.29, 1.82) is 0 Å². The highest BCUT2D eigenvalue weighted by Crippen LogP contribution is 2.26. The van der Waals surface area contributed by atoms with Gasteiger partial charge in [-0.1, -0.05) is 30.3 Å². The zero-order valence-corrected chi connectivity index (χ0v) is 14.2. The number of aromatic nitrogens is 1. The quantitative estimate of drug-likeness (QED) is 0.935. The number of hydrogen-bond donors (Lipinski definition) is 1. The van der Waals surface area contributed by atoms with Gasteiger partial charge < -0.3 is 10.1 Å². The second-order valence-corrected chi connectivity index (χ2v) is 6.72. The molecule has 5 nitrogen and oxygen atoms in total. The molecule has 23 heavy (non-hydrogen) atoms. The number of anilines is 1. The molecule has 0 radical (unpaired) electrons. The number of morpholine rings is 1. The maximum absolute atomic E-state index is 11.1. The third kappa shape index (κ3) is 4.37. The number of ether oxygens (including phenoxy) is 1. The first-order valence-corrected chi connectivity index (χ1v) is 8.63. The number of nitrogens with one attached hydrogen (secondary N) is 1. The fourth-order valence-corrected chi connectivity index (χ4v) is 3.58. The van der Waals surface area contributed by atoms with Crippen molar-refractivity contribution in [1.82, 2.24) is 9.88 Å². The van der Waals surface area contributed by atoms with Crippen molar-refractivity contribution in [3.8, 4) is 0 Å². The Morgan fingerprint density at radius 1 is 1.39 bits per heavy atom. The second-order valence-electron chi connectivity index (χ2n) is 5.87. The van der Waals surface area contributed by atoms with E-state index in [0.717, 1.165) is 25.3 Å². The van der Waals surface area contributed by atoms with E-state index in [0.29, 0.717) is 5.13 Å². The Bertz CT molecular complexity index is 659. The van der Waals surface area contributed by atoms with Crippen molar-refractivity contribution >= 4 is 22.4 Å². The molecular formula is C17H21N3O2S. The molecule has 1 aromatic carbocycles. The zero-order valence-electron chi connectivity index (χ0n) is 13.4. The summed E-state index contributed by atoms with van der Waals surface area (Å²) >= 11 is 1.46. The van der Waals surface area contributed by atoms with Gasteiger partial charge in [-0.3, -0.25) is 9.69 Å². The van der Waals surface area contributed by atoms with E-state index in [9.17, 15) is 4.79 Å². The lowest BCUT2D eigenvalue weighted by molar-refractivity contribution is -0.114. The van der Waals surface area contributed by atoms with Crippen molar-refractivity contribution < 1.29 is 9.53 Å². The molecule has 122 valence electrons. The Morgan fingerprint density at radius 3 is 2.91 bits per heavy atom. The van der Waals surface area contributed by atoms with Gasteiger partial charge in [0.15, 0.2) is 5.13 Å². The highest BCUT2D eigenvalue weighted by atomic mass is 32.1. The van der Waals surface area contributed by atoms with E-state index < -0.39 is 0 Å². The first-order chi connectivity index (χ1) is 11.1. The first kappa shape index (κ1) is 16.1. The minimum absolute atomic E-state index is 0.0879. The van der Waals surface area contributed by atoms with Crippen LogP contribution in [0, 0.1) is 0 Å². The average Bonchev–Trinajstić information content (AvgIpc) is 2.93. The molecule has 0 saturated carbocycles. The minimum Gasteiger partial charge on any atom is -0.368 e.